The van der Waals surface area contributed by atoms with Gasteiger partial charge in [0.05, 0.1) is 6.54 Å². The Morgan fingerprint density at radius 3 is 2.67 bits per heavy atom. The number of carbonyl (C=O) groups is 1. The second kappa shape index (κ2) is 8.89. The molecule has 0 saturated heterocycles. The van der Waals surface area contributed by atoms with Crippen molar-refractivity contribution in [3.8, 4) is 5.75 Å². The van der Waals surface area contributed by atoms with Gasteiger partial charge in [0.15, 0.2) is 0 Å². The summed E-state index contributed by atoms with van der Waals surface area (Å²) in [5.74, 6) is 0.799. The Balaban J connectivity index is 1.82. The van der Waals surface area contributed by atoms with Crippen molar-refractivity contribution in [1.29, 1.82) is 0 Å². The Bertz CT molecular complexity index is 680. The maximum atomic E-state index is 12.1. The topological polar surface area (TPSA) is 41.6 Å². The van der Waals surface area contributed by atoms with Gasteiger partial charge in [-0.25, -0.2) is 0 Å². The summed E-state index contributed by atoms with van der Waals surface area (Å²) in [4.78, 5) is 14.1. The van der Waals surface area contributed by atoms with Crippen LogP contribution in [0.3, 0.4) is 0 Å². The molecule has 0 aliphatic heterocycles. The van der Waals surface area contributed by atoms with E-state index in [-0.39, 0.29) is 5.91 Å². The van der Waals surface area contributed by atoms with E-state index in [1.54, 1.807) is 6.08 Å². The van der Waals surface area contributed by atoms with Crippen LogP contribution in [-0.4, -0.2) is 31.0 Å². The van der Waals surface area contributed by atoms with Crippen LogP contribution in [0.5, 0.6) is 5.75 Å². The molecule has 0 unspecified atom stereocenters. The monoisotopic (exact) mass is 324 g/mol. The molecule has 0 saturated carbocycles. The number of carbonyl (C=O) groups excluding carboxylic acids is 1. The fourth-order valence-corrected chi connectivity index (χ4v) is 2.38. The summed E-state index contributed by atoms with van der Waals surface area (Å²) in [6, 6.07) is 15.7. The third kappa shape index (κ3) is 5.89. The third-order valence-electron chi connectivity index (χ3n) is 3.46. The maximum absolute atomic E-state index is 12.1. The molecule has 2 aromatic rings. The molecule has 0 fully saturated rings. The minimum Gasteiger partial charge on any atom is -0.490 e. The molecule has 0 spiro atoms. The van der Waals surface area contributed by atoms with Crippen LogP contribution in [0.2, 0.25) is 0 Å². The SMILES string of the molecule is C=CCOc1ccc(CN(C)CC(=O)Nc2cccc(C)c2)cc1. The average Bonchev–Trinajstić information content (AvgIpc) is 2.54. The van der Waals surface area contributed by atoms with E-state index in [1.807, 2.05) is 67.4 Å². The van der Waals surface area contributed by atoms with E-state index in [1.165, 1.54) is 0 Å². The molecule has 2 aromatic carbocycles. The molecule has 0 atom stereocenters. The van der Waals surface area contributed by atoms with Crippen LogP contribution >= 0.6 is 0 Å². The Kier molecular flexibility index (Phi) is 6.58. The lowest BCUT2D eigenvalue weighted by Crippen LogP contribution is -2.29. The summed E-state index contributed by atoms with van der Waals surface area (Å²) >= 11 is 0. The van der Waals surface area contributed by atoms with Crippen molar-refractivity contribution >= 4 is 11.6 Å². The number of amides is 1. The second-order valence-corrected chi connectivity index (χ2v) is 5.83. The molecule has 1 N–H and O–H groups in total. The number of benzene rings is 2. The number of hydrogen-bond donors (Lipinski definition) is 1. The van der Waals surface area contributed by atoms with Crippen molar-refractivity contribution in [3.05, 3.63) is 72.3 Å². The minimum atomic E-state index is -0.0194. The van der Waals surface area contributed by atoms with E-state index < -0.39 is 0 Å². The van der Waals surface area contributed by atoms with Gasteiger partial charge in [0, 0.05) is 12.2 Å². The zero-order chi connectivity index (χ0) is 17.4. The van der Waals surface area contributed by atoms with Gasteiger partial charge in [0.25, 0.3) is 0 Å². The summed E-state index contributed by atoms with van der Waals surface area (Å²) in [6.07, 6.45) is 1.72. The van der Waals surface area contributed by atoms with Crippen LogP contribution in [0.4, 0.5) is 5.69 Å². The zero-order valence-electron chi connectivity index (χ0n) is 14.3. The Labute approximate surface area is 143 Å². The molecule has 4 nitrogen and oxygen atoms in total. The summed E-state index contributed by atoms with van der Waals surface area (Å²) in [7, 11) is 1.93. The first-order valence-electron chi connectivity index (χ1n) is 7.94. The van der Waals surface area contributed by atoms with Gasteiger partial charge in [-0.05, 0) is 49.4 Å². The molecule has 0 aliphatic carbocycles. The first-order chi connectivity index (χ1) is 11.6. The van der Waals surface area contributed by atoms with Gasteiger partial charge in [0.1, 0.15) is 12.4 Å². The Morgan fingerprint density at radius 1 is 1.25 bits per heavy atom. The molecule has 0 aromatic heterocycles. The highest BCUT2D eigenvalue weighted by atomic mass is 16.5. The second-order valence-electron chi connectivity index (χ2n) is 5.83. The number of aryl methyl sites for hydroxylation is 1. The van der Waals surface area contributed by atoms with E-state index in [9.17, 15) is 4.79 Å². The number of anilines is 1. The summed E-state index contributed by atoms with van der Waals surface area (Å²) in [5, 5.41) is 2.92. The lowest BCUT2D eigenvalue weighted by Gasteiger charge is -2.17. The van der Waals surface area contributed by atoms with Crippen LogP contribution in [0.25, 0.3) is 0 Å². The minimum absolute atomic E-state index is 0.0194. The summed E-state index contributed by atoms with van der Waals surface area (Å²) < 4.78 is 5.46. The van der Waals surface area contributed by atoms with Gasteiger partial charge in [-0.3, -0.25) is 9.69 Å². The number of nitrogens with one attached hydrogen (secondary N) is 1. The van der Waals surface area contributed by atoms with E-state index in [2.05, 4.69) is 11.9 Å². The van der Waals surface area contributed by atoms with Crippen molar-refractivity contribution in [2.75, 3.05) is 25.5 Å². The quantitative estimate of drug-likeness (QED) is 0.754. The number of hydrogen-bond acceptors (Lipinski definition) is 3. The third-order valence-corrected chi connectivity index (χ3v) is 3.46. The Hall–Kier alpha value is -2.59. The normalized spacial score (nSPS) is 10.5. The summed E-state index contributed by atoms with van der Waals surface area (Å²) in [5.41, 5.74) is 3.09. The van der Waals surface area contributed by atoms with Gasteiger partial charge in [-0.1, -0.05) is 36.9 Å². The number of rotatable bonds is 8. The van der Waals surface area contributed by atoms with Crippen molar-refractivity contribution < 1.29 is 9.53 Å². The lowest BCUT2D eigenvalue weighted by atomic mass is 10.2. The number of nitrogens with zero attached hydrogens (tertiary/aromatic N) is 1. The van der Waals surface area contributed by atoms with E-state index in [0.717, 1.165) is 22.6 Å². The lowest BCUT2D eigenvalue weighted by molar-refractivity contribution is -0.117. The van der Waals surface area contributed by atoms with Crippen molar-refractivity contribution in [2.45, 2.75) is 13.5 Å². The predicted octanol–water partition coefficient (Wildman–Crippen LogP) is 3.63. The maximum Gasteiger partial charge on any atom is 0.238 e. The fourth-order valence-electron chi connectivity index (χ4n) is 2.38. The molecule has 2 rings (SSSR count). The van der Waals surface area contributed by atoms with Gasteiger partial charge < -0.3 is 10.1 Å². The van der Waals surface area contributed by atoms with Crippen LogP contribution in [0, 0.1) is 6.92 Å². The highest BCUT2D eigenvalue weighted by Gasteiger charge is 2.08. The van der Waals surface area contributed by atoms with Crippen molar-refractivity contribution in [2.24, 2.45) is 0 Å². The van der Waals surface area contributed by atoms with Crippen LogP contribution in [0.15, 0.2) is 61.2 Å². The van der Waals surface area contributed by atoms with Gasteiger partial charge in [-0.15, -0.1) is 0 Å². The van der Waals surface area contributed by atoms with E-state index in [4.69, 9.17) is 4.74 Å². The molecule has 0 aliphatic rings. The van der Waals surface area contributed by atoms with Crippen LogP contribution < -0.4 is 10.1 Å². The molecule has 4 heteroatoms. The van der Waals surface area contributed by atoms with Crippen molar-refractivity contribution in [3.63, 3.8) is 0 Å². The Morgan fingerprint density at radius 2 is 2.00 bits per heavy atom. The first-order valence-corrected chi connectivity index (χ1v) is 7.94. The van der Waals surface area contributed by atoms with Crippen LogP contribution in [0.1, 0.15) is 11.1 Å². The largest absolute Gasteiger partial charge is 0.490 e. The standard InChI is InChI=1S/C20H24N2O2/c1-4-12-24-19-10-8-17(9-11-19)14-22(3)15-20(23)21-18-7-5-6-16(2)13-18/h4-11,13H,1,12,14-15H2,2-3H3,(H,21,23). The fraction of sp³-hybridized carbons (Fsp3) is 0.250. The van der Waals surface area contributed by atoms with Crippen molar-refractivity contribution in [1.82, 2.24) is 4.90 Å². The molecule has 0 heterocycles. The average molecular weight is 324 g/mol. The summed E-state index contributed by atoms with van der Waals surface area (Å²) in [6.45, 7) is 7.16. The molecule has 0 radical (unpaired) electrons. The zero-order valence-corrected chi connectivity index (χ0v) is 14.3. The molecule has 126 valence electrons. The van der Waals surface area contributed by atoms with Gasteiger partial charge in [-0.2, -0.15) is 0 Å². The van der Waals surface area contributed by atoms with Gasteiger partial charge >= 0.3 is 0 Å². The van der Waals surface area contributed by atoms with E-state index in [0.29, 0.717) is 19.7 Å². The van der Waals surface area contributed by atoms with E-state index >= 15 is 0 Å². The number of ether oxygens (including phenoxy) is 1. The smallest absolute Gasteiger partial charge is 0.238 e. The highest BCUT2D eigenvalue weighted by molar-refractivity contribution is 5.92. The first kappa shape index (κ1) is 17.8. The van der Waals surface area contributed by atoms with Gasteiger partial charge in [0.2, 0.25) is 5.91 Å². The molecular weight excluding hydrogens is 300 g/mol. The predicted molar refractivity (Wildman–Crippen MR) is 98.3 cm³/mol. The molecule has 24 heavy (non-hydrogen) atoms. The van der Waals surface area contributed by atoms with Crippen LogP contribution in [-0.2, 0) is 11.3 Å². The molecule has 1 amide bonds. The molecule has 0 bridgehead atoms. The highest BCUT2D eigenvalue weighted by Crippen LogP contribution is 2.14. The molecular formula is C20H24N2O2. The number of likely N-dealkylation sites (N-methyl/N-ethyl adjacent to an activating group) is 1.